The summed E-state index contributed by atoms with van der Waals surface area (Å²) < 4.78 is 77.7. The highest BCUT2D eigenvalue weighted by atomic mass is 32.2. The van der Waals surface area contributed by atoms with Crippen LogP contribution in [-0.2, 0) is 52.1 Å². The van der Waals surface area contributed by atoms with E-state index >= 15 is 0 Å². The Balaban J connectivity index is 1.54. The Morgan fingerprint density at radius 3 is 1.14 bits per heavy atom. The van der Waals surface area contributed by atoms with Gasteiger partial charge in [-0.25, -0.2) is 16.8 Å². The zero-order valence-corrected chi connectivity index (χ0v) is 39.0. The molecule has 0 amide bonds. The van der Waals surface area contributed by atoms with Gasteiger partial charge in [-0.1, -0.05) is 0 Å². The van der Waals surface area contributed by atoms with E-state index in [0.29, 0.717) is 0 Å². The summed E-state index contributed by atoms with van der Waals surface area (Å²) in [5, 5.41) is 58.0. The summed E-state index contributed by atoms with van der Waals surface area (Å²) in [7, 11) is -2.00. The van der Waals surface area contributed by atoms with Crippen molar-refractivity contribution in [3.8, 4) is 23.9 Å². The monoisotopic (exact) mass is 952 g/mol. The van der Waals surface area contributed by atoms with E-state index in [0.717, 1.165) is 9.13 Å². The Labute approximate surface area is 382 Å². The lowest BCUT2D eigenvalue weighted by atomic mass is 10.1. The number of unbranched alkanes of at least 4 members (excludes halogenated alkanes) is 1. The van der Waals surface area contributed by atoms with E-state index in [-0.39, 0.29) is 133 Å². The van der Waals surface area contributed by atoms with Crippen LogP contribution in [0.3, 0.4) is 0 Å². The third-order valence-corrected chi connectivity index (χ3v) is 14.0. The summed E-state index contributed by atoms with van der Waals surface area (Å²) >= 11 is 0. The second kappa shape index (κ2) is 24.3. The minimum absolute atomic E-state index is 0.0205. The van der Waals surface area contributed by atoms with Gasteiger partial charge in [-0.15, -0.1) is 10.2 Å². The number of nitrogens with zero attached hydrogens (tertiary/aromatic N) is 10. The second-order valence-electron chi connectivity index (χ2n) is 14.4. The maximum absolute atomic E-state index is 13.7. The molecular weight excluding hydrogens is 901 g/mol. The van der Waals surface area contributed by atoms with E-state index in [1.54, 1.807) is 0 Å². The maximum atomic E-state index is 13.7. The van der Waals surface area contributed by atoms with Gasteiger partial charge in [0.1, 0.15) is 23.3 Å². The molecule has 2 aromatic heterocycles. The Hall–Kier alpha value is -6.22. The summed E-state index contributed by atoms with van der Waals surface area (Å²) in [5.41, 5.74) is -2.08. The lowest BCUT2D eigenvalue weighted by Gasteiger charge is -2.21. The number of hydrogen-bond acceptors (Lipinski definition) is 18. The predicted octanol–water partition coefficient (Wildman–Crippen LogP) is 4.66. The van der Waals surface area contributed by atoms with Crippen LogP contribution in [0.5, 0.6) is 11.8 Å². The lowest BCUT2D eigenvalue weighted by molar-refractivity contribution is 0.150. The molecule has 2 aromatic carbocycles. The van der Waals surface area contributed by atoms with Gasteiger partial charge in [0, 0.05) is 78.8 Å². The number of aromatic nitrogens is 2. The van der Waals surface area contributed by atoms with Crippen molar-refractivity contribution in [2.24, 2.45) is 20.5 Å². The van der Waals surface area contributed by atoms with E-state index in [1.807, 2.05) is 12.1 Å². The Morgan fingerprint density at radius 2 is 0.864 bits per heavy atom. The van der Waals surface area contributed by atoms with Crippen LogP contribution in [0.2, 0.25) is 0 Å². The van der Waals surface area contributed by atoms with Crippen LogP contribution < -0.4 is 11.1 Å². The number of nitriles is 2. The molecular formula is C42H52N10O12S2. The van der Waals surface area contributed by atoms with Crippen molar-refractivity contribution < 1.29 is 46.0 Å². The van der Waals surface area contributed by atoms with E-state index in [1.165, 1.54) is 99.4 Å². The molecule has 22 nitrogen and oxygen atoms in total. The normalized spacial score (nSPS) is 12.2. The number of ether oxygens (including phenoxy) is 4. The SMILES string of the molecule is COCCN(CCOC)S(=O)(=O)c1ccc(N=Nc2c(C)c(C#N)c(O)n(CCCCn3c(O)c(C#N)c(C)c(N=Nc4ccc(S(=O)(=O)N(CCOC)CCOC)cc4)c3=O)c2=O)cc1. The topological polar surface area (TPSA) is 293 Å². The van der Waals surface area contributed by atoms with Crippen LogP contribution in [0.4, 0.5) is 22.7 Å². The van der Waals surface area contributed by atoms with Gasteiger partial charge >= 0.3 is 0 Å². The zero-order chi connectivity index (χ0) is 48.6. The first-order chi connectivity index (χ1) is 31.5. The van der Waals surface area contributed by atoms with Gasteiger partial charge < -0.3 is 29.2 Å². The van der Waals surface area contributed by atoms with Crippen molar-refractivity contribution in [3.05, 3.63) is 91.5 Å². The molecule has 0 aliphatic rings. The number of pyridine rings is 2. The Bertz CT molecular complexity index is 2610. The highest BCUT2D eigenvalue weighted by Gasteiger charge is 2.26. The van der Waals surface area contributed by atoms with Crippen LogP contribution in [0.15, 0.2) is 88.4 Å². The van der Waals surface area contributed by atoms with Crippen LogP contribution in [-0.4, -0.2) is 126 Å². The van der Waals surface area contributed by atoms with E-state index in [4.69, 9.17) is 18.9 Å². The number of azo groups is 2. The summed E-state index contributed by atoms with van der Waals surface area (Å²) in [6.45, 7) is 3.57. The third kappa shape index (κ3) is 12.4. The smallest absolute Gasteiger partial charge is 0.281 e. The molecule has 0 fully saturated rings. The van der Waals surface area contributed by atoms with Gasteiger partial charge in [0.2, 0.25) is 31.8 Å². The van der Waals surface area contributed by atoms with Crippen molar-refractivity contribution in [2.75, 3.05) is 81.0 Å². The summed E-state index contributed by atoms with van der Waals surface area (Å²) in [6, 6.07) is 14.7. The van der Waals surface area contributed by atoms with Crippen molar-refractivity contribution in [2.45, 2.75) is 49.6 Å². The fraction of sp³-hybridized carbons (Fsp3) is 0.429. The molecule has 0 aliphatic carbocycles. The highest BCUT2D eigenvalue weighted by molar-refractivity contribution is 7.89. The highest BCUT2D eigenvalue weighted by Crippen LogP contribution is 2.30. The molecule has 0 saturated carbocycles. The number of sulfonamides is 2. The first-order valence-corrected chi connectivity index (χ1v) is 23.1. The molecule has 0 unspecified atom stereocenters. The first-order valence-electron chi connectivity index (χ1n) is 20.3. The molecule has 0 saturated heterocycles. The van der Waals surface area contributed by atoms with Gasteiger partial charge in [0.15, 0.2) is 11.4 Å². The number of aromatic hydroxyl groups is 2. The Morgan fingerprint density at radius 1 is 0.561 bits per heavy atom. The average molecular weight is 953 g/mol. The van der Waals surface area contributed by atoms with E-state index in [2.05, 4.69) is 20.5 Å². The lowest BCUT2D eigenvalue weighted by Crippen LogP contribution is -2.36. The van der Waals surface area contributed by atoms with E-state index < -0.39 is 42.9 Å². The summed E-state index contributed by atoms with van der Waals surface area (Å²) in [4.78, 5) is 27.3. The molecule has 66 heavy (non-hydrogen) atoms. The van der Waals surface area contributed by atoms with Gasteiger partial charge in [0.05, 0.1) is 47.6 Å². The fourth-order valence-corrected chi connectivity index (χ4v) is 9.24. The van der Waals surface area contributed by atoms with Crippen LogP contribution in [0, 0.1) is 36.5 Å². The van der Waals surface area contributed by atoms with Crippen molar-refractivity contribution >= 4 is 42.8 Å². The van der Waals surface area contributed by atoms with Crippen LogP contribution >= 0.6 is 0 Å². The number of methoxy groups -OCH3 is 4. The predicted molar refractivity (Wildman–Crippen MR) is 239 cm³/mol. The van der Waals surface area contributed by atoms with Gasteiger partial charge in [-0.05, 0) is 75.2 Å². The van der Waals surface area contributed by atoms with Crippen LogP contribution in [0.25, 0.3) is 0 Å². The minimum Gasteiger partial charge on any atom is -0.493 e. The van der Waals surface area contributed by atoms with Crippen molar-refractivity contribution in [1.82, 2.24) is 17.7 Å². The average Bonchev–Trinajstić information content (AvgIpc) is 3.30. The third-order valence-electron chi connectivity index (χ3n) is 10.2. The first kappa shape index (κ1) is 52.4. The molecule has 354 valence electrons. The molecule has 0 atom stereocenters. The summed E-state index contributed by atoms with van der Waals surface area (Å²) in [6.07, 6.45) is 0.226. The number of rotatable bonds is 25. The second-order valence-corrected chi connectivity index (χ2v) is 18.2. The molecule has 0 bridgehead atoms. The molecule has 0 spiro atoms. The maximum Gasteiger partial charge on any atom is 0.281 e. The molecule has 2 N–H and O–H groups in total. The van der Waals surface area contributed by atoms with Gasteiger partial charge in [-0.3, -0.25) is 18.7 Å². The minimum atomic E-state index is -3.92. The Kier molecular flexibility index (Phi) is 19.3. The zero-order valence-electron chi connectivity index (χ0n) is 37.4. The number of hydrogen-bond donors (Lipinski definition) is 2. The molecule has 0 aliphatic heterocycles. The van der Waals surface area contributed by atoms with Crippen LogP contribution in [0.1, 0.15) is 35.1 Å². The largest absolute Gasteiger partial charge is 0.493 e. The molecule has 0 radical (unpaired) electrons. The van der Waals surface area contributed by atoms with Crippen molar-refractivity contribution in [3.63, 3.8) is 0 Å². The summed E-state index contributed by atoms with van der Waals surface area (Å²) in [5.74, 6) is -1.24. The fourth-order valence-electron chi connectivity index (χ4n) is 6.43. The van der Waals surface area contributed by atoms with Crippen molar-refractivity contribution in [1.29, 1.82) is 10.5 Å². The van der Waals surface area contributed by atoms with Gasteiger partial charge in [-0.2, -0.15) is 29.4 Å². The molecule has 4 rings (SSSR count). The molecule has 24 heteroatoms. The number of benzene rings is 2. The van der Waals surface area contributed by atoms with Gasteiger partial charge in [0.25, 0.3) is 11.1 Å². The van der Waals surface area contributed by atoms with E-state index in [9.17, 15) is 47.2 Å². The molecule has 2 heterocycles. The molecule has 4 aromatic rings. The quantitative estimate of drug-likeness (QED) is 0.0675. The standard InChI is InChI=1S/C42H52N10O12S2/c1-29-35(27-43)39(53)51(41(55)37(29)47-45-31-9-13-33(14-10-31)65(57,58)49(19-23-61-3)20-24-62-4)17-7-8-18-52-40(54)36(28-44)30(2)38(42(52)56)48-46-32-11-15-34(16-12-32)66(59,60)50(21-25-63-5)22-26-64-6/h9-16,53-54H,7-8,17-26H2,1-6H3.